The molecule has 0 aliphatic rings. The number of ether oxygens (including phenoxy) is 2. The first-order valence-electron chi connectivity index (χ1n) is 5.59. The first-order valence-corrected chi connectivity index (χ1v) is 6.72. The molecule has 0 aliphatic carbocycles. The van der Waals surface area contributed by atoms with E-state index in [4.69, 9.17) is 50.0 Å². The Kier molecular flexibility index (Phi) is 6.89. The van der Waals surface area contributed by atoms with Crippen LogP contribution in [0.1, 0.15) is 18.5 Å². The Bertz CT molecular complexity index is 431. The van der Waals surface area contributed by atoms with Crippen LogP contribution in [0.15, 0.2) is 12.1 Å². The van der Waals surface area contributed by atoms with Gasteiger partial charge in [-0.25, -0.2) is 4.79 Å². The molecule has 0 heterocycles. The van der Waals surface area contributed by atoms with Crippen molar-refractivity contribution in [1.29, 1.82) is 0 Å². The van der Waals surface area contributed by atoms with Gasteiger partial charge in [0.15, 0.2) is 0 Å². The van der Waals surface area contributed by atoms with E-state index in [9.17, 15) is 4.79 Å². The summed E-state index contributed by atoms with van der Waals surface area (Å²) in [6.07, 6.45) is 0. The lowest BCUT2D eigenvalue weighted by Crippen LogP contribution is -2.21. The Morgan fingerprint density at radius 3 is 2.42 bits per heavy atom. The van der Waals surface area contributed by atoms with Crippen molar-refractivity contribution in [3.8, 4) is 0 Å². The van der Waals surface area contributed by atoms with Gasteiger partial charge in [0.25, 0.3) is 0 Å². The van der Waals surface area contributed by atoms with Crippen molar-refractivity contribution in [3.63, 3.8) is 0 Å². The quantitative estimate of drug-likeness (QED) is 0.815. The Morgan fingerprint density at radius 2 is 1.89 bits per heavy atom. The van der Waals surface area contributed by atoms with Crippen molar-refractivity contribution in [1.82, 2.24) is 0 Å². The van der Waals surface area contributed by atoms with Crippen LogP contribution in [-0.2, 0) is 14.3 Å². The summed E-state index contributed by atoms with van der Waals surface area (Å²) in [6.45, 7) is 1.96. The van der Waals surface area contributed by atoms with E-state index in [1.165, 1.54) is 0 Å². The fourth-order valence-corrected chi connectivity index (χ4v) is 2.56. The monoisotopic (exact) mass is 325 g/mol. The van der Waals surface area contributed by atoms with Crippen LogP contribution in [0.3, 0.4) is 0 Å². The van der Waals surface area contributed by atoms with Gasteiger partial charge < -0.3 is 15.2 Å². The summed E-state index contributed by atoms with van der Waals surface area (Å²) in [4.78, 5) is 11.1. The molecule has 0 bridgehead atoms. The smallest absolute Gasteiger partial charge is 0.332 e. The van der Waals surface area contributed by atoms with Crippen molar-refractivity contribution < 1.29 is 14.3 Å². The van der Waals surface area contributed by atoms with Crippen molar-refractivity contribution in [2.75, 3.05) is 19.8 Å². The van der Waals surface area contributed by atoms with E-state index in [-0.39, 0.29) is 13.2 Å². The topological polar surface area (TPSA) is 61.5 Å². The standard InChI is InChI=1S/C12H14Cl3NO3/c1-2-19-11(17)6-18-5-10(16)12-8(14)3-7(13)4-9(12)15/h3-4,10H,2,5-6,16H2,1H3. The van der Waals surface area contributed by atoms with Crippen LogP contribution in [0, 0.1) is 0 Å². The van der Waals surface area contributed by atoms with E-state index < -0.39 is 12.0 Å². The summed E-state index contributed by atoms with van der Waals surface area (Å²) in [6, 6.07) is 2.55. The number of hydrogen-bond donors (Lipinski definition) is 1. The Balaban J connectivity index is 2.59. The van der Waals surface area contributed by atoms with Gasteiger partial charge in [0.1, 0.15) is 6.61 Å². The zero-order chi connectivity index (χ0) is 14.4. The highest BCUT2D eigenvalue weighted by molar-refractivity contribution is 6.39. The Hall–Kier alpha value is -0.520. The van der Waals surface area contributed by atoms with Gasteiger partial charge in [0.2, 0.25) is 0 Å². The zero-order valence-corrected chi connectivity index (χ0v) is 12.6. The van der Waals surface area contributed by atoms with Gasteiger partial charge in [-0.2, -0.15) is 0 Å². The molecule has 1 atom stereocenters. The maximum absolute atomic E-state index is 11.1. The van der Waals surface area contributed by atoms with Gasteiger partial charge in [-0.05, 0) is 19.1 Å². The van der Waals surface area contributed by atoms with E-state index in [2.05, 4.69) is 0 Å². The van der Waals surface area contributed by atoms with Crippen molar-refractivity contribution in [3.05, 3.63) is 32.8 Å². The third-order valence-electron chi connectivity index (χ3n) is 2.24. The summed E-state index contributed by atoms with van der Waals surface area (Å²) in [5.74, 6) is -0.442. The number of hydrogen-bond acceptors (Lipinski definition) is 4. The predicted octanol–water partition coefficient (Wildman–Crippen LogP) is 3.23. The summed E-state index contributed by atoms with van der Waals surface area (Å²) in [5.41, 5.74) is 6.46. The average molecular weight is 327 g/mol. The third kappa shape index (κ3) is 5.16. The molecule has 0 aromatic heterocycles. The molecule has 0 saturated carbocycles. The summed E-state index contributed by atoms with van der Waals surface area (Å²) >= 11 is 17.9. The maximum Gasteiger partial charge on any atom is 0.332 e. The van der Waals surface area contributed by atoms with Crippen LogP contribution in [0.5, 0.6) is 0 Å². The van der Waals surface area contributed by atoms with Gasteiger partial charge in [-0.1, -0.05) is 34.8 Å². The Labute approximate surface area is 126 Å². The highest BCUT2D eigenvalue weighted by atomic mass is 35.5. The summed E-state index contributed by atoms with van der Waals surface area (Å²) in [7, 11) is 0. The van der Waals surface area contributed by atoms with E-state index in [1.54, 1.807) is 19.1 Å². The van der Waals surface area contributed by atoms with E-state index in [0.29, 0.717) is 27.2 Å². The number of esters is 1. The molecule has 0 saturated heterocycles. The van der Waals surface area contributed by atoms with Gasteiger partial charge in [-0.15, -0.1) is 0 Å². The second kappa shape index (κ2) is 7.92. The number of benzene rings is 1. The van der Waals surface area contributed by atoms with Gasteiger partial charge in [-0.3, -0.25) is 0 Å². The number of carbonyl (C=O) groups is 1. The number of halogens is 3. The molecule has 19 heavy (non-hydrogen) atoms. The number of rotatable bonds is 6. The van der Waals surface area contributed by atoms with Crippen LogP contribution in [0.25, 0.3) is 0 Å². The van der Waals surface area contributed by atoms with Crippen LogP contribution < -0.4 is 5.73 Å². The van der Waals surface area contributed by atoms with Gasteiger partial charge in [0.05, 0.1) is 19.3 Å². The minimum absolute atomic E-state index is 0.0971. The molecule has 0 spiro atoms. The van der Waals surface area contributed by atoms with Crippen molar-refractivity contribution in [2.45, 2.75) is 13.0 Å². The molecular formula is C12H14Cl3NO3. The first-order chi connectivity index (χ1) is 8.95. The molecule has 0 amide bonds. The zero-order valence-electron chi connectivity index (χ0n) is 10.3. The van der Waals surface area contributed by atoms with E-state index >= 15 is 0 Å². The van der Waals surface area contributed by atoms with Crippen molar-refractivity contribution >= 4 is 40.8 Å². The molecule has 4 nitrogen and oxygen atoms in total. The molecule has 1 aromatic carbocycles. The van der Waals surface area contributed by atoms with E-state index in [1.807, 2.05) is 0 Å². The Morgan fingerprint density at radius 1 is 1.32 bits per heavy atom. The highest BCUT2D eigenvalue weighted by Gasteiger charge is 2.16. The van der Waals surface area contributed by atoms with Gasteiger partial charge in [0, 0.05) is 20.6 Å². The minimum Gasteiger partial charge on any atom is -0.464 e. The fourth-order valence-electron chi connectivity index (χ4n) is 1.46. The second-order valence-corrected chi connectivity index (χ2v) is 4.96. The predicted molar refractivity (Wildman–Crippen MR) is 75.9 cm³/mol. The average Bonchev–Trinajstić information content (AvgIpc) is 2.27. The molecule has 1 unspecified atom stereocenters. The molecule has 0 radical (unpaired) electrons. The van der Waals surface area contributed by atoms with Gasteiger partial charge >= 0.3 is 5.97 Å². The molecule has 106 valence electrons. The SMILES string of the molecule is CCOC(=O)COCC(N)c1c(Cl)cc(Cl)cc1Cl. The molecule has 1 rings (SSSR count). The molecule has 7 heteroatoms. The maximum atomic E-state index is 11.1. The normalized spacial score (nSPS) is 12.3. The van der Waals surface area contributed by atoms with Crippen molar-refractivity contribution in [2.24, 2.45) is 5.73 Å². The number of carbonyl (C=O) groups excluding carboxylic acids is 1. The minimum atomic E-state index is -0.549. The highest BCUT2D eigenvalue weighted by Crippen LogP contribution is 2.32. The fraction of sp³-hybridized carbons (Fsp3) is 0.417. The largest absolute Gasteiger partial charge is 0.464 e. The summed E-state index contributed by atoms with van der Waals surface area (Å²) < 4.78 is 9.87. The summed E-state index contributed by atoms with van der Waals surface area (Å²) in [5, 5.41) is 1.16. The van der Waals surface area contributed by atoms with Crippen LogP contribution >= 0.6 is 34.8 Å². The molecule has 0 aliphatic heterocycles. The van der Waals surface area contributed by atoms with E-state index in [0.717, 1.165) is 0 Å². The third-order valence-corrected chi connectivity index (χ3v) is 3.08. The first kappa shape index (κ1) is 16.5. The molecular weight excluding hydrogens is 312 g/mol. The number of nitrogens with two attached hydrogens (primary N) is 1. The lowest BCUT2D eigenvalue weighted by atomic mass is 10.1. The second-order valence-electron chi connectivity index (χ2n) is 3.71. The van der Waals surface area contributed by atoms with Crippen LogP contribution in [0.2, 0.25) is 15.1 Å². The lowest BCUT2D eigenvalue weighted by molar-refractivity contribution is -0.148. The van der Waals surface area contributed by atoms with Crippen LogP contribution in [0.4, 0.5) is 0 Å². The molecule has 2 N–H and O–H groups in total. The van der Waals surface area contributed by atoms with Crippen LogP contribution in [-0.4, -0.2) is 25.8 Å². The molecule has 1 aromatic rings. The molecule has 0 fully saturated rings. The lowest BCUT2D eigenvalue weighted by Gasteiger charge is -2.15.